The Morgan fingerprint density at radius 1 is 1.18 bits per heavy atom. The molecule has 2 aromatic rings. The number of methoxy groups -OCH3 is 1. The number of esters is 1. The molecule has 0 saturated carbocycles. The fourth-order valence-electron chi connectivity index (χ4n) is 1.78. The van der Waals surface area contributed by atoms with Gasteiger partial charge in [-0.25, -0.2) is 18.2 Å². The first kappa shape index (κ1) is 15.9. The Morgan fingerprint density at radius 2 is 1.91 bits per heavy atom. The van der Waals surface area contributed by atoms with Gasteiger partial charge in [-0.2, -0.15) is 0 Å². The van der Waals surface area contributed by atoms with Gasteiger partial charge in [0.25, 0.3) is 0 Å². The van der Waals surface area contributed by atoms with E-state index in [9.17, 15) is 13.2 Å². The Bertz CT molecular complexity index is 766. The Kier molecular flexibility index (Phi) is 5.06. The van der Waals surface area contributed by atoms with Gasteiger partial charge in [-0.1, -0.05) is 30.3 Å². The van der Waals surface area contributed by atoms with Gasteiger partial charge in [0.05, 0.1) is 12.9 Å². The van der Waals surface area contributed by atoms with E-state index in [0.29, 0.717) is 5.56 Å². The van der Waals surface area contributed by atoms with Crippen LogP contribution in [0.4, 0.5) is 0 Å². The summed E-state index contributed by atoms with van der Waals surface area (Å²) in [5.74, 6) is -0.563. The summed E-state index contributed by atoms with van der Waals surface area (Å²) >= 11 is 0. The van der Waals surface area contributed by atoms with Gasteiger partial charge in [-0.15, -0.1) is 0 Å². The molecule has 0 aliphatic heterocycles. The lowest BCUT2D eigenvalue weighted by molar-refractivity contribution is -0.134. The molecule has 0 spiro atoms. The summed E-state index contributed by atoms with van der Waals surface area (Å²) in [5.41, 5.74) is 1.44. The average Bonchev–Trinajstić information content (AvgIpc) is 2.54. The number of hydrogen-bond acceptors (Lipinski definition) is 5. The van der Waals surface area contributed by atoms with E-state index >= 15 is 0 Å². The van der Waals surface area contributed by atoms with Crippen LogP contribution in [-0.2, 0) is 25.1 Å². The number of ether oxygens (including phenoxy) is 1. The van der Waals surface area contributed by atoms with Crippen LogP contribution in [0.1, 0.15) is 11.1 Å². The van der Waals surface area contributed by atoms with Crippen LogP contribution in [0.5, 0.6) is 0 Å². The van der Waals surface area contributed by atoms with Crippen LogP contribution in [0.25, 0.3) is 6.08 Å². The Morgan fingerprint density at radius 3 is 2.50 bits per heavy atom. The Labute approximate surface area is 129 Å². The van der Waals surface area contributed by atoms with Crippen molar-refractivity contribution in [1.82, 2.24) is 4.98 Å². The molecule has 1 heterocycles. The molecule has 5 nitrogen and oxygen atoms in total. The normalized spacial score (nSPS) is 11.5. The van der Waals surface area contributed by atoms with Crippen molar-refractivity contribution in [3.05, 3.63) is 65.9 Å². The molecule has 0 unspecified atom stereocenters. The van der Waals surface area contributed by atoms with E-state index in [1.54, 1.807) is 42.5 Å². The first-order valence-corrected chi connectivity index (χ1v) is 8.15. The van der Waals surface area contributed by atoms with Gasteiger partial charge in [-0.05, 0) is 29.3 Å². The van der Waals surface area contributed by atoms with E-state index in [-0.39, 0.29) is 10.8 Å². The highest BCUT2D eigenvalue weighted by molar-refractivity contribution is 7.90. The molecule has 1 aromatic heterocycles. The highest BCUT2D eigenvalue weighted by Gasteiger charge is 2.16. The topological polar surface area (TPSA) is 73.3 Å². The first-order chi connectivity index (χ1) is 10.5. The van der Waals surface area contributed by atoms with Gasteiger partial charge in [0.15, 0.2) is 14.9 Å². The molecule has 0 N–H and O–H groups in total. The van der Waals surface area contributed by atoms with E-state index in [0.717, 1.165) is 5.56 Å². The van der Waals surface area contributed by atoms with Gasteiger partial charge in [-0.3, -0.25) is 0 Å². The minimum Gasteiger partial charge on any atom is -0.466 e. The molecule has 0 amide bonds. The zero-order valence-electron chi connectivity index (χ0n) is 12.0. The van der Waals surface area contributed by atoms with Crippen molar-refractivity contribution < 1.29 is 17.9 Å². The minimum atomic E-state index is -3.46. The quantitative estimate of drug-likeness (QED) is 0.624. The van der Waals surface area contributed by atoms with Crippen LogP contribution < -0.4 is 0 Å². The molecule has 0 atom stereocenters. The van der Waals surface area contributed by atoms with Crippen LogP contribution in [0.2, 0.25) is 0 Å². The highest BCUT2D eigenvalue weighted by atomic mass is 32.2. The third-order valence-electron chi connectivity index (χ3n) is 2.91. The molecule has 6 heteroatoms. The molecule has 0 saturated heterocycles. The molecular formula is C16H15NO4S. The van der Waals surface area contributed by atoms with Crippen LogP contribution in [-0.4, -0.2) is 26.5 Å². The molecule has 114 valence electrons. The standard InChI is InChI=1S/C16H15NO4S/c1-21-16(18)10-9-13-5-7-14(8-6-13)12-22(19,20)15-4-2-3-11-17-15/h2-11H,12H2,1H3. The van der Waals surface area contributed by atoms with Crippen LogP contribution in [0.15, 0.2) is 59.8 Å². The van der Waals surface area contributed by atoms with E-state index in [4.69, 9.17) is 0 Å². The number of benzene rings is 1. The fourth-order valence-corrected chi connectivity index (χ4v) is 3.07. The number of aromatic nitrogens is 1. The summed E-state index contributed by atoms with van der Waals surface area (Å²) in [6.07, 6.45) is 4.36. The number of pyridine rings is 1. The van der Waals surface area contributed by atoms with Crippen molar-refractivity contribution in [1.29, 1.82) is 0 Å². The summed E-state index contributed by atoms with van der Waals surface area (Å²) in [7, 11) is -2.16. The Hall–Kier alpha value is -2.47. The minimum absolute atomic E-state index is 0.0599. The van der Waals surface area contributed by atoms with Gasteiger partial charge in [0.1, 0.15) is 0 Å². The third kappa shape index (κ3) is 4.26. The summed E-state index contributed by atoms with van der Waals surface area (Å²) in [6.45, 7) is 0. The molecule has 0 aliphatic carbocycles. The molecule has 0 radical (unpaired) electrons. The molecule has 0 aliphatic rings. The van der Waals surface area contributed by atoms with Crippen molar-refractivity contribution in [2.45, 2.75) is 10.8 Å². The van der Waals surface area contributed by atoms with E-state index in [1.165, 1.54) is 25.4 Å². The monoisotopic (exact) mass is 317 g/mol. The third-order valence-corrected chi connectivity index (χ3v) is 4.50. The van der Waals surface area contributed by atoms with E-state index in [1.807, 2.05) is 0 Å². The van der Waals surface area contributed by atoms with Crippen molar-refractivity contribution in [2.24, 2.45) is 0 Å². The van der Waals surface area contributed by atoms with Gasteiger partial charge in [0.2, 0.25) is 0 Å². The summed E-state index contributed by atoms with van der Waals surface area (Å²) in [5, 5.41) is 0.0599. The number of hydrogen-bond donors (Lipinski definition) is 0. The van der Waals surface area contributed by atoms with E-state index < -0.39 is 15.8 Å². The number of nitrogens with zero attached hydrogens (tertiary/aromatic N) is 1. The maximum absolute atomic E-state index is 12.2. The maximum atomic E-state index is 12.2. The zero-order chi connectivity index (χ0) is 16.0. The number of rotatable bonds is 5. The van der Waals surface area contributed by atoms with Gasteiger partial charge in [0, 0.05) is 12.3 Å². The lowest BCUT2D eigenvalue weighted by Crippen LogP contribution is -2.06. The molecule has 2 rings (SSSR count). The van der Waals surface area contributed by atoms with Crippen LogP contribution in [0.3, 0.4) is 0 Å². The summed E-state index contributed by atoms with van der Waals surface area (Å²) in [6, 6.07) is 11.7. The van der Waals surface area contributed by atoms with Gasteiger partial charge >= 0.3 is 5.97 Å². The average molecular weight is 317 g/mol. The van der Waals surface area contributed by atoms with Crippen molar-refractivity contribution in [3.8, 4) is 0 Å². The lowest BCUT2D eigenvalue weighted by atomic mass is 10.1. The van der Waals surface area contributed by atoms with E-state index in [2.05, 4.69) is 9.72 Å². The molecule has 0 bridgehead atoms. The summed E-state index contributed by atoms with van der Waals surface area (Å²) in [4.78, 5) is 14.9. The first-order valence-electron chi connectivity index (χ1n) is 6.50. The molecule has 0 fully saturated rings. The predicted octanol–water partition coefficient (Wildman–Crippen LogP) is 2.24. The second kappa shape index (κ2) is 7.00. The van der Waals surface area contributed by atoms with Crippen molar-refractivity contribution in [3.63, 3.8) is 0 Å². The van der Waals surface area contributed by atoms with Crippen molar-refractivity contribution in [2.75, 3.05) is 7.11 Å². The molecular weight excluding hydrogens is 302 g/mol. The number of carbonyl (C=O) groups is 1. The predicted molar refractivity (Wildman–Crippen MR) is 82.6 cm³/mol. The smallest absolute Gasteiger partial charge is 0.330 e. The maximum Gasteiger partial charge on any atom is 0.330 e. The molecule has 22 heavy (non-hydrogen) atoms. The lowest BCUT2D eigenvalue weighted by Gasteiger charge is -2.04. The second-order valence-electron chi connectivity index (χ2n) is 4.53. The zero-order valence-corrected chi connectivity index (χ0v) is 12.8. The summed E-state index contributed by atoms with van der Waals surface area (Å²) < 4.78 is 28.9. The SMILES string of the molecule is COC(=O)C=Cc1ccc(CS(=O)(=O)c2ccccn2)cc1. The van der Waals surface area contributed by atoms with Crippen LogP contribution in [0, 0.1) is 0 Å². The Balaban J connectivity index is 2.12. The number of sulfone groups is 1. The van der Waals surface area contributed by atoms with Crippen molar-refractivity contribution >= 4 is 21.9 Å². The second-order valence-corrected chi connectivity index (χ2v) is 6.46. The number of carbonyl (C=O) groups excluding carboxylic acids is 1. The fraction of sp³-hybridized carbons (Fsp3) is 0.125. The largest absolute Gasteiger partial charge is 0.466 e. The van der Waals surface area contributed by atoms with Gasteiger partial charge < -0.3 is 4.74 Å². The van der Waals surface area contributed by atoms with Crippen LogP contribution >= 0.6 is 0 Å². The highest BCUT2D eigenvalue weighted by Crippen LogP contribution is 2.15. The molecule has 1 aromatic carbocycles.